The summed E-state index contributed by atoms with van der Waals surface area (Å²) in [5.74, 6) is 0.902. The zero-order valence-corrected chi connectivity index (χ0v) is 19.6. The molecule has 0 radical (unpaired) electrons. The molecule has 2 aliphatic rings. The summed E-state index contributed by atoms with van der Waals surface area (Å²) in [7, 11) is 0. The van der Waals surface area contributed by atoms with Crippen LogP contribution in [0, 0.1) is 12.3 Å². The number of hydrogen-bond donors (Lipinski definition) is 2. The van der Waals surface area contributed by atoms with E-state index in [2.05, 4.69) is 33.7 Å². The lowest BCUT2D eigenvalue weighted by Crippen LogP contribution is -2.50. The first-order chi connectivity index (χ1) is 16.0. The molecule has 4 aromatic heterocycles. The van der Waals surface area contributed by atoms with Crippen molar-refractivity contribution in [3.8, 4) is 0 Å². The van der Waals surface area contributed by atoms with E-state index < -0.39 is 0 Å². The van der Waals surface area contributed by atoms with Crippen molar-refractivity contribution in [2.24, 2.45) is 11.1 Å². The standard InChI is InChI=1S/C24H27N7OS/c1-14-11-27-23-20(14)17(5-8-26-23)33-19-4-3-16-22(30-19)28-12-18(29-16)31-9-6-24(7-10-31)13-32-15(2)21(24)25/h3-5,8,11-12,15,21H,6-7,9-10,13,25H2,1-2H3,(H,26,27)/t15-,21+/m0/s1. The van der Waals surface area contributed by atoms with Crippen LogP contribution in [-0.4, -0.2) is 56.8 Å². The Morgan fingerprint density at radius 1 is 1.18 bits per heavy atom. The molecule has 4 aromatic rings. The Hall–Kier alpha value is -2.75. The number of pyridine rings is 2. The lowest BCUT2D eigenvalue weighted by atomic mass is 9.73. The molecule has 0 saturated carbocycles. The van der Waals surface area contributed by atoms with Crippen LogP contribution >= 0.6 is 11.8 Å². The highest BCUT2D eigenvalue weighted by atomic mass is 32.2. The van der Waals surface area contributed by atoms with Crippen LogP contribution in [0.5, 0.6) is 0 Å². The zero-order valence-electron chi connectivity index (χ0n) is 18.8. The van der Waals surface area contributed by atoms with Crippen molar-refractivity contribution in [2.45, 2.75) is 48.8 Å². The van der Waals surface area contributed by atoms with Gasteiger partial charge in [-0.25, -0.2) is 19.9 Å². The Morgan fingerprint density at radius 2 is 2.03 bits per heavy atom. The fourth-order valence-corrected chi connectivity index (χ4v) is 6.10. The predicted octanol–water partition coefficient (Wildman–Crippen LogP) is 3.69. The van der Waals surface area contributed by atoms with Gasteiger partial charge in [-0.05, 0) is 50.5 Å². The van der Waals surface area contributed by atoms with Crippen molar-refractivity contribution in [3.05, 3.63) is 42.4 Å². The Morgan fingerprint density at radius 3 is 2.82 bits per heavy atom. The maximum absolute atomic E-state index is 6.46. The van der Waals surface area contributed by atoms with E-state index in [0.29, 0.717) is 5.65 Å². The van der Waals surface area contributed by atoms with E-state index in [4.69, 9.17) is 20.4 Å². The molecule has 2 fully saturated rings. The van der Waals surface area contributed by atoms with Crippen molar-refractivity contribution in [1.82, 2.24) is 24.9 Å². The third-order valence-corrected chi connectivity index (χ3v) is 8.24. The number of H-pyrrole nitrogens is 1. The minimum atomic E-state index is 0.101. The molecule has 0 bridgehead atoms. The third kappa shape index (κ3) is 3.55. The van der Waals surface area contributed by atoms with Crippen LogP contribution < -0.4 is 10.6 Å². The van der Waals surface area contributed by atoms with Gasteiger partial charge in [0.15, 0.2) is 5.65 Å². The van der Waals surface area contributed by atoms with Crippen LogP contribution in [-0.2, 0) is 4.74 Å². The number of rotatable bonds is 3. The Kier molecular flexibility index (Phi) is 5.01. The van der Waals surface area contributed by atoms with Crippen molar-refractivity contribution < 1.29 is 4.74 Å². The summed E-state index contributed by atoms with van der Waals surface area (Å²) in [6.45, 7) is 6.76. The second kappa shape index (κ2) is 7.93. The summed E-state index contributed by atoms with van der Waals surface area (Å²) in [5.41, 5.74) is 10.1. The number of nitrogens with zero attached hydrogens (tertiary/aromatic N) is 5. The molecule has 6 heterocycles. The fraction of sp³-hybridized carbons (Fsp3) is 0.417. The van der Waals surface area contributed by atoms with Crippen LogP contribution in [0.3, 0.4) is 0 Å². The van der Waals surface area contributed by atoms with Gasteiger partial charge in [0.25, 0.3) is 0 Å². The maximum atomic E-state index is 6.46. The molecule has 2 aliphatic heterocycles. The SMILES string of the molecule is Cc1c[nH]c2nccc(Sc3ccc4nc(N5CCC6(CC5)CO[C@@H](C)[C@H]6N)cnc4n3)c12. The number of fused-ring (bicyclic) bond motifs is 2. The van der Waals surface area contributed by atoms with Crippen LogP contribution in [0.25, 0.3) is 22.2 Å². The number of aromatic amines is 1. The van der Waals surface area contributed by atoms with Gasteiger partial charge in [-0.2, -0.15) is 0 Å². The van der Waals surface area contributed by atoms with E-state index in [1.807, 2.05) is 36.8 Å². The number of anilines is 1. The molecule has 0 aromatic carbocycles. The number of aromatic nitrogens is 5. The lowest BCUT2D eigenvalue weighted by molar-refractivity contribution is 0.0974. The highest BCUT2D eigenvalue weighted by Crippen LogP contribution is 2.42. The second-order valence-electron chi connectivity index (χ2n) is 9.22. The van der Waals surface area contributed by atoms with Crippen LogP contribution in [0.2, 0.25) is 0 Å². The molecule has 9 heteroatoms. The average Bonchev–Trinajstić information content (AvgIpc) is 3.35. The largest absolute Gasteiger partial charge is 0.376 e. The molecule has 6 rings (SSSR count). The minimum Gasteiger partial charge on any atom is -0.376 e. The molecule has 3 N–H and O–H groups in total. The van der Waals surface area contributed by atoms with E-state index >= 15 is 0 Å². The molecule has 0 amide bonds. The quantitative estimate of drug-likeness (QED) is 0.476. The molecule has 33 heavy (non-hydrogen) atoms. The van der Waals surface area contributed by atoms with Crippen LogP contribution in [0.1, 0.15) is 25.3 Å². The third-order valence-electron chi connectivity index (χ3n) is 7.24. The van der Waals surface area contributed by atoms with Crippen molar-refractivity contribution in [1.29, 1.82) is 0 Å². The summed E-state index contributed by atoms with van der Waals surface area (Å²) in [4.78, 5) is 25.3. The van der Waals surface area contributed by atoms with Crippen molar-refractivity contribution in [2.75, 3.05) is 24.6 Å². The highest BCUT2D eigenvalue weighted by Gasteiger charge is 2.47. The molecule has 8 nitrogen and oxygen atoms in total. The Labute approximate surface area is 196 Å². The van der Waals surface area contributed by atoms with Crippen molar-refractivity contribution >= 4 is 39.8 Å². The minimum absolute atomic E-state index is 0.101. The maximum Gasteiger partial charge on any atom is 0.179 e. The molecule has 0 aliphatic carbocycles. The number of aryl methyl sites for hydroxylation is 1. The van der Waals surface area contributed by atoms with E-state index in [1.165, 1.54) is 5.56 Å². The van der Waals surface area contributed by atoms with Gasteiger partial charge in [0.2, 0.25) is 0 Å². The topological polar surface area (TPSA) is 106 Å². The molecule has 2 saturated heterocycles. The summed E-state index contributed by atoms with van der Waals surface area (Å²) < 4.78 is 5.85. The Balaban J connectivity index is 1.21. The highest BCUT2D eigenvalue weighted by molar-refractivity contribution is 7.99. The van der Waals surface area contributed by atoms with Gasteiger partial charge in [0.1, 0.15) is 22.0 Å². The van der Waals surface area contributed by atoms with Gasteiger partial charge in [0.05, 0.1) is 18.9 Å². The normalized spacial score (nSPS) is 22.6. The van der Waals surface area contributed by atoms with Crippen molar-refractivity contribution in [3.63, 3.8) is 0 Å². The molecule has 2 atom stereocenters. The number of piperidine rings is 1. The molecule has 1 spiro atoms. The van der Waals surface area contributed by atoms with Gasteiger partial charge < -0.3 is 20.4 Å². The smallest absolute Gasteiger partial charge is 0.179 e. The molecule has 170 valence electrons. The predicted molar refractivity (Wildman–Crippen MR) is 130 cm³/mol. The molecular formula is C24H27N7OS. The summed E-state index contributed by atoms with van der Waals surface area (Å²) in [6, 6.07) is 6.16. The first-order valence-electron chi connectivity index (χ1n) is 11.4. The van der Waals surface area contributed by atoms with Gasteiger partial charge >= 0.3 is 0 Å². The molecular weight excluding hydrogens is 434 g/mol. The Bertz CT molecular complexity index is 1330. The fourth-order valence-electron chi connectivity index (χ4n) is 5.12. The second-order valence-corrected chi connectivity index (χ2v) is 10.3. The lowest BCUT2D eigenvalue weighted by Gasteiger charge is -2.41. The zero-order chi connectivity index (χ0) is 22.6. The van der Waals surface area contributed by atoms with E-state index in [0.717, 1.165) is 64.8 Å². The monoisotopic (exact) mass is 461 g/mol. The average molecular weight is 462 g/mol. The summed E-state index contributed by atoms with van der Waals surface area (Å²) in [6.07, 6.45) is 7.83. The number of nitrogens with one attached hydrogen (secondary N) is 1. The summed E-state index contributed by atoms with van der Waals surface area (Å²) in [5, 5.41) is 2.03. The van der Waals surface area contributed by atoms with Crippen LogP contribution in [0.4, 0.5) is 5.82 Å². The number of nitrogens with two attached hydrogens (primary N) is 1. The van der Waals surface area contributed by atoms with Gasteiger partial charge in [-0.3, -0.25) is 0 Å². The number of hydrogen-bond acceptors (Lipinski definition) is 8. The van der Waals surface area contributed by atoms with Gasteiger partial charge in [0, 0.05) is 47.2 Å². The van der Waals surface area contributed by atoms with Gasteiger partial charge in [-0.1, -0.05) is 11.8 Å². The number of ether oxygens (including phenoxy) is 1. The van der Waals surface area contributed by atoms with E-state index in [1.54, 1.807) is 11.8 Å². The first-order valence-corrected chi connectivity index (χ1v) is 12.2. The van der Waals surface area contributed by atoms with Crippen LogP contribution in [0.15, 0.2) is 46.7 Å². The molecule has 0 unspecified atom stereocenters. The first kappa shape index (κ1) is 20.8. The van der Waals surface area contributed by atoms with E-state index in [9.17, 15) is 0 Å². The summed E-state index contributed by atoms with van der Waals surface area (Å²) >= 11 is 1.62. The van der Waals surface area contributed by atoms with Gasteiger partial charge in [-0.15, -0.1) is 0 Å². The van der Waals surface area contributed by atoms with E-state index in [-0.39, 0.29) is 17.6 Å².